The monoisotopic (exact) mass is 381 g/mol. The Kier molecular flexibility index (Phi) is 3.78. The van der Waals surface area contributed by atoms with Crippen molar-refractivity contribution >= 4 is 42.9 Å². The molecule has 0 amide bonds. The van der Waals surface area contributed by atoms with Crippen molar-refractivity contribution in [1.29, 1.82) is 0 Å². The summed E-state index contributed by atoms with van der Waals surface area (Å²) in [6.07, 6.45) is 5.84. The molecule has 2 aromatic rings. The number of alkyl halides is 1. The van der Waals surface area contributed by atoms with E-state index in [1.807, 2.05) is 0 Å². The highest BCUT2D eigenvalue weighted by atomic mass is 79.9. The average Bonchev–Trinajstić information content (AvgIpc) is 3.50. The van der Waals surface area contributed by atoms with Crippen LogP contribution in [0.25, 0.3) is 0 Å². The highest BCUT2D eigenvalue weighted by Crippen LogP contribution is 2.92. The summed E-state index contributed by atoms with van der Waals surface area (Å²) < 4.78 is 0. The van der Waals surface area contributed by atoms with Gasteiger partial charge >= 0.3 is 0 Å². The molecule has 0 N–H and O–H groups in total. The molecule has 5 rings (SSSR count). The van der Waals surface area contributed by atoms with Crippen molar-refractivity contribution < 1.29 is 0 Å². The lowest BCUT2D eigenvalue weighted by molar-refractivity contribution is 0.662. The topological polar surface area (TPSA) is 0 Å². The Morgan fingerprint density at radius 2 is 1.39 bits per heavy atom. The van der Waals surface area contributed by atoms with E-state index in [2.05, 4.69) is 76.6 Å². The quantitative estimate of drug-likeness (QED) is 0.420. The molecule has 2 aromatic carbocycles. The van der Waals surface area contributed by atoms with Gasteiger partial charge in [0.15, 0.2) is 0 Å². The number of hydrogen-bond acceptors (Lipinski definition) is 0. The minimum Gasteiger partial charge on any atom is -0.0884 e. The minimum absolute atomic E-state index is 0. The molecule has 3 aliphatic rings. The summed E-state index contributed by atoms with van der Waals surface area (Å²) in [7, 11) is -0.190. The van der Waals surface area contributed by atoms with Crippen LogP contribution in [0.4, 0.5) is 0 Å². The standard InChI is InChI=1S/C20H20BrP.B/c21-18-12-20(18)14-19(20)11-15(19)13-22(16-7-3-1-4-8-16)17-9-5-2-6-10-17;/h1-10,15,18H,11-14H2;/t15-,18+,19-,20+;/m0./s1. The Morgan fingerprint density at radius 3 is 1.83 bits per heavy atom. The first-order valence-electron chi connectivity index (χ1n) is 8.27. The van der Waals surface area contributed by atoms with Gasteiger partial charge in [0.2, 0.25) is 0 Å². The number of benzene rings is 2. The molecule has 3 heteroatoms. The zero-order chi connectivity index (χ0) is 14.8. The Labute approximate surface area is 150 Å². The molecule has 2 spiro atoms. The first kappa shape index (κ1) is 15.9. The third kappa shape index (κ3) is 2.37. The first-order chi connectivity index (χ1) is 10.8. The predicted molar refractivity (Wildman–Crippen MR) is 105 cm³/mol. The molecular formula is C20H20BBrP. The summed E-state index contributed by atoms with van der Waals surface area (Å²) in [6.45, 7) is 0. The highest BCUT2D eigenvalue weighted by molar-refractivity contribution is 9.09. The van der Waals surface area contributed by atoms with Crippen LogP contribution in [0.15, 0.2) is 60.7 Å². The van der Waals surface area contributed by atoms with E-state index in [0.717, 1.165) is 21.6 Å². The van der Waals surface area contributed by atoms with Crippen molar-refractivity contribution in [2.45, 2.75) is 24.1 Å². The van der Waals surface area contributed by atoms with E-state index in [4.69, 9.17) is 0 Å². The zero-order valence-corrected chi connectivity index (χ0v) is 15.6. The molecule has 0 saturated heterocycles. The molecule has 23 heavy (non-hydrogen) atoms. The molecule has 3 aliphatic carbocycles. The van der Waals surface area contributed by atoms with E-state index in [-0.39, 0.29) is 16.3 Å². The Balaban J connectivity index is 0.00000135. The first-order valence-corrected chi connectivity index (χ1v) is 10.7. The summed E-state index contributed by atoms with van der Waals surface area (Å²) in [5.74, 6) is 0.974. The number of hydrogen-bond donors (Lipinski definition) is 0. The van der Waals surface area contributed by atoms with Crippen LogP contribution in [-0.2, 0) is 0 Å². The minimum atomic E-state index is -0.190. The van der Waals surface area contributed by atoms with Crippen LogP contribution in [0.5, 0.6) is 0 Å². The second-order valence-electron chi connectivity index (χ2n) is 7.34. The fraction of sp³-hybridized carbons (Fsp3) is 0.400. The normalized spacial score (nSPS) is 36.1. The van der Waals surface area contributed by atoms with Crippen LogP contribution >= 0.6 is 23.9 Å². The van der Waals surface area contributed by atoms with Crippen LogP contribution in [-0.4, -0.2) is 19.4 Å². The van der Waals surface area contributed by atoms with Crippen molar-refractivity contribution in [2.24, 2.45) is 16.7 Å². The molecule has 0 aliphatic heterocycles. The highest BCUT2D eigenvalue weighted by Gasteiger charge is 2.87. The molecule has 3 saturated carbocycles. The smallest absolute Gasteiger partial charge is 0.0214 e. The maximum Gasteiger partial charge on any atom is 0.0214 e. The van der Waals surface area contributed by atoms with Crippen LogP contribution in [0.2, 0.25) is 0 Å². The third-order valence-electron chi connectivity index (χ3n) is 6.25. The van der Waals surface area contributed by atoms with E-state index in [1.54, 1.807) is 10.6 Å². The second kappa shape index (κ2) is 5.46. The van der Waals surface area contributed by atoms with Gasteiger partial charge in [0.05, 0.1) is 0 Å². The van der Waals surface area contributed by atoms with Gasteiger partial charge in [-0.2, -0.15) is 0 Å². The predicted octanol–water partition coefficient (Wildman–Crippen LogP) is 4.30. The van der Waals surface area contributed by atoms with Crippen LogP contribution < -0.4 is 10.6 Å². The van der Waals surface area contributed by atoms with E-state index in [9.17, 15) is 0 Å². The third-order valence-corrected chi connectivity index (χ3v) is 10.1. The fourth-order valence-electron chi connectivity index (χ4n) is 4.72. The zero-order valence-electron chi connectivity index (χ0n) is 13.2. The number of rotatable bonds is 4. The fourth-order valence-corrected chi connectivity index (χ4v) is 8.62. The molecule has 3 radical (unpaired) electrons. The molecule has 115 valence electrons. The molecular weight excluding hydrogens is 362 g/mol. The molecule has 4 atom stereocenters. The van der Waals surface area contributed by atoms with Crippen LogP contribution in [0.1, 0.15) is 19.3 Å². The molecule has 0 nitrogen and oxygen atoms in total. The molecule has 0 heterocycles. The lowest BCUT2D eigenvalue weighted by Gasteiger charge is -2.19. The van der Waals surface area contributed by atoms with Gasteiger partial charge in [0, 0.05) is 13.2 Å². The van der Waals surface area contributed by atoms with E-state index >= 15 is 0 Å². The summed E-state index contributed by atoms with van der Waals surface area (Å²) in [5, 5.41) is 3.10. The summed E-state index contributed by atoms with van der Waals surface area (Å²) >= 11 is 3.87. The van der Waals surface area contributed by atoms with Crippen molar-refractivity contribution in [2.75, 3.05) is 6.16 Å². The number of halogens is 1. The van der Waals surface area contributed by atoms with Gasteiger partial charge < -0.3 is 0 Å². The van der Waals surface area contributed by atoms with Crippen molar-refractivity contribution in [1.82, 2.24) is 0 Å². The Bertz CT molecular complexity index is 667. The van der Waals surface area contributed by atoms with E-state index < -0.39 is 0 Å². The molecule has 0 aromatic heterocycles. The molecule has 3 fully saturated rings. The second-order valence-corrected chi connectivity index (χ2v) is 10.7. The maximum absolute atomic E-state index is 3.87. The summed E-state index contributed by atoms with van der Waals surface area (Å²) in [5.41, 5.74) is 1.50. The number of fused-ring (bicyclic) bond motifs is 1. The SMILES string of the molecule is Br[C@@H]1C[C@@]12C[C@]21C[C@H]1CP(c1ccccc1)c1ccccc1.[B]. The Hall–Kier alpha value is -0.585. The summed E-state index contributed by atoms with van der Waals surface area (Å²) in [6, 6.07) is 22.4. The average molecular weight is 382 g/mol. The van der Waals surface area contributed by atoms with Gasteiger partial charge in [0.1, 0.15) is 0 Å². The largest absolute Gasteiger partial charge is 0.0884 e. The van der Waals surface area contributed by atoms with Gasteiger partial charge in [-0.15, -0.1) is 0 Å². The van der Waals surface area contributed by atoms with Crippen LogP contribution in [0.3, 0.4) is 0 Å². The lowest BCUT2D eigenvalue weighted by atomic mass is 10.2. The van der Waals surface area contributed by atoms with E-state index in [1.165, 1.54) is 25.4 Å². The summed E-state index contributed by atoms with van der Waals surface area (Å²) in [4.78, 5) is 0.838. The van der Waals surface area contributed by atoms with Crippen molar-refractivity contribution in [3.8, 4) is 0 Å². The lowest BCUT2D eigenvalue weighted by Crippen LogP contribution is -2.15. The van der Waals surface area contributed by atoms with Crippen molar-refractivity contribution in [3.63, 3.8) is 0 Å². The van der Waals surface area contributed by atoms with E-state index in [0.29, 0.717) is 0 Å². The van der Waals surface area contributed by atoms with Crippen molar-refractivity contribution in [3.05, 3.63) is 60.7 Å². The van der Waals surface area contributed by atoms with Crippen LogP contribution in [0, 0.1) is 16.7 Å². The molecule has 0 bridgehead atoms. The van der Waals surface area contributed by atoms with Gasteiger partial charge in [-0.3, -0.25) is 0 Å². The molecule has 0 unspecified atom stereocenters. The van der Waals surface area contributed by atoms with Gasteiger partial charge in [-0.1, -0.05) is 76.6 Å². The van der Waals surface area contributed by atoms with Gasteiger partial charge in [-0.25, -0.2) is 0 Å². The maximum atomic E-state index is 3.87. The van der Waals surface area contributed by atoms with Gasteiger partial charge in [-0.05, 0) is 60.7 Å². The Morgan fingerprint density at radius 1 is 0.870 bits per heavy atom. The van der Waals surface area contributed by atoms with Gasteiger partial charge in [0.25, 0.3) is 0 Å².